The van der Waals surface area contributed by atoms with Crippen molar-refractivity contribution in [3.8, 4) is 0 Å². The van der Waals surface area contributed by atoms with Crippen molar-refractivity contribution in [1.82, 2.24) is 14.9 Å². The van der Waals surface area contributed by atoms with Gasteiger partial charge in [-0.05, 0) is 31.0 Å². The van der Waals surface area contributed by atoms with Gasteiger partial charge in [0.05, 0.1) is 18.5 Å². The van der Waals surface area contributed by atoms with Crippen LogP contribution in [0.15, 0.2) is 35.1 Å². The van der Waals surface area contributed by atoms with Gasteiger partial charge in [0.25, 0.3) is 0 Å². The smallest absolute Gasteiger partial charge is 0.131 e. The molecule has 120 valence electrons. The lowest BCUT2D eigenvalue weighted by atomic mass is 10.0. The molecule has 0 aliphatic carbocycles. The van der Waals surface area contributed by atoms with Crippen molar-refractivity contribution in [2.45, 2.75) is 59.7 Å². The van der Waals surface area contributed by atoms with Gasteiger partial charge in [0.1, 0.15) is 11.6 Å². The molecule has 1 atom stereocenters. The zero-order valence-corrected chi connectivity index (χ0v) is 14.3. The Hall–Kier alpha value is -1.68. The molecule has 0 radical (unpaired) electrons. The topological polar surface area (TPSA) is 42.2 Å². The van der Waals surface area contributed by atoms with Crippen molar-refractivity contribution in [1.29, 1.82) is 0 Å². The second-order valence-electron chi connectivity index (χ2n) is 6.53. The number of hydrogen-bond donors (Lipinski definition) is 0. The summed E-state index contributed by atoms with van der Waals surface area (Å²) < 4.78 is 5.52. The lowest BCUT2D eigenvalue weighted by molar-refractivity contribution is 0.138. The highest BCUT2D eigenvalue weighted by molar-refractivity contribution is 5.06. The molecule has 4 heteroatoms. The average Bonchev–Trinajstić information content (AvgIpc) is 2.99. The molecule has 0 saturated carbocycles. The van der Waals surface area contributed by atoms with Crippen LogP contribution in [-0.2, 0) is 13.1 Å². The third kappa shape index (κ3) is 4.41. The Balaban J connectivity index is 2.16. The normalized spacial score (nSPS) is 13.3. The van der Waals surface area contributed by atoms with E-state index in [4.69, 9.17) is 9.40 Å². The minimum Gasteiger partial charge on any atom is -0.468 e. The van der Waals surface area contributed by atoms with E-state index in [1.807, 2.05) is 24.4 Å². The summed E-state index contributed by atoms with van der Waals surface area (Å²) in [7, 11) is 0. The maximum absolute atomic E-state index is 5.52. The summed E-state index contributed by atoms with van der Waals surface area (Å²) in [5.74, 6) is 2.82. The van der Waals surface area contributed by atoms with Gasteiger partial charge < -0.3 is 4.42 Å². The molecule has 1 unspecified atom stereocenters. The summed E-state index contributed by atoms with van der Waals surface area (Å²) in [6, 6.07) is 6.42. The third-order valence-electron chi connectivity index (χ3n) is 4.09. The van der Waals surface area contributed by atoms with E-state index in [1.54, 1.807) is 6.26 Å². The minimum absolute atomic E-state index is 0.348. The average molecular weight is 301 g/mol. The molecule has 0 spiro atoms. The Bertz CT molecular complexity index is 563. The predicted octanol–water partition coefficient (Wildman–Crippen LogP) is 4.24. The molecule has 0 fully saturated rings. The molecular formula is C18H27N3O. The van der Waals surface area contributed by atoms with Crippen molar-refractivity contribution in [2.75, 3.05) is 0 Å². The maximum Gasteiger partial charge on any atom is 0.131 e. The van der Waals surface area contributed by atoms with Crippen LogP contribution in [0, 0.1) is 5.92 Å². The lowest BCUT2D eigenvalue weighted by Crippen LogP contribution is -2.36. The zero-order valence-electron chi connectivity index (χ0n) is 14.3. The SMILES string of the molecule is CC(C)c1nccc(CN(Cc2ccco2)C(C)C(C)C)n1. The van der Waals surface area contributed by atoms with Gasteiger partial charge in [-0.3, -0.25) is 4.90 Å². The molecule has 2 rings (SSSR count). The summed E-state index contributed by atoms with van der Waals surface area (Å²) >= 11 is 0. The summed E-state index contributed by atoms with van der Waals surface area (Å²) in [6.45, 7) is 12.6. The van der Waals surface area contributed by atoms with Gasteiger partial charge >= 0.3 is 0 Å². The molecule has 2 aromatic heterocycles. The van der Waals surface area contributed by atoms with E-state index in [9.17, 15) is 0 Å². The van der Waals surface area contributed by atoms with Crippen LogP contribution in [0.25, 0.3) is 0 Å². The van der Waals surface area contributed by atoms with Gasteiger partial charge in [-0.2, -0.15) is 0 Å². The molecule has 0 N–H and O–H groups in total. The monoisotopic (exact) mass is 301 g/mol. The summed E-state index contributed by atoms with van der Waals surface area (Å²) in [6.07, 6.45) is 3.60. The van der Waals surface area contributed by atoms with E-state index in [2.05, 4.69) is 44.5 Å². The van der Waals surface area contributed by atoms with Crippen LogP contribution < -0.4 is 0 Å². The Morgan fingerprint density at radius 2 is 1.86 bits per heavy atom. The number of hydrogen-bond acceptors (Lipinski definition) is 4. The number of aromatic nitrogens is 2. The number of furan rings is 1. The van der Waals surface area contributed by atoms with Crippen molar-refractivity contribution < 1.29 is 4.42 Å². The second kappa shape index (κ2) is 7.54. The Morgan fingerprint density at radius 3 is 2.45 bits per heavy atom. The number of rotatable bonds is 7. The van der Waals surface area contributed by atoms with E-state index < -0.39 is 0 Å². The molecule has 0 bridgehead atoms. The van der Waals surface area contributed by atoms with Crippen LogP contribution >= 0.6 is 0 Å². The van der Waals surface area contributed by atoms with E-state index in [0.717, 1.165) is 30.4 Å². The van der Waals surface area contributed by atoms with Crippen LogP contribution in [0.5, 0.6) is 0 Å². The van der Waals surface area contributed by atoms with Crippen LogP contribution in [0.1, 0.15) is 57.8 Å². The Labute approximate surface area is 133 Å². The molecule has 0 amide bonds. The van der Waals surface area contributed by atoms with Gasteiger partial charge in [0, 0.05) is 24.7 Å². The van der Waals surface area contributed by atoms with E-state index in [0.29, 0.717) is 17.9 Å². The van der Waals surface area contributed by atoms with Crippen LogP contribution in [0.2, 0.25) is 0 Å². The maximum atomic E-state index is 5.52. The summed E-state index contributed by atoms with van der Waals surface area (Å²) in [5, 5.41) is 0. The molecule has 0 saturated heterocycles. The van der Waals surface area contributed by atoms with Crippen molar-refractivity contribution in [3.05, 3.63) is 47.9 Å². The van der Waals surface area contributed by atoms with Gasteiger partial charge in [-0.1, -0.05) is 27.7 Å². The minimum atomic E-state index is 0.348. The predicted molar refractivity (Wildman–Crippen MR) is 88.4 cm³/mol. The Morgan fingerprint density at radius 1 is 1.09 bits per heavy atom. The van der Waals surface area contributed by atoms with Crippen molar-refractivity contribution in [3.63, 3.8) is 0 Å². The molecule has 0 aliphatic heterocycles. The van der Waals surface area contributed by atoms with Crippen LogP contribution in [0.4, 0.5) is 0 Å². The standard InChI is InChI=1S/C18H27N3O/c1-13(2)15(5)21(12-17-7-6-10-22-17)11-16-8-9-19-18(20-16)14(3)4/h6-10,13-15H,11-12H2,1-5H3. The first kappa shape index (κ1) is 16.7. The molecular weight excluding hydrogens is 274 g/mol. The molecule has 4 nitrogen and oxygen atoms in total. The fourth-order valence-electron chi connectivity index (χ4n) is 2.36. The van der Waals surface area contributed by atoms with E-state index in [-0.39, 0.29) is 0 Å². The zero-order chi connectivity index (χ0) is 16.1. The number of nitrogens with zero attached hydrogens (tertiary/aromatic N) is 3. The summed E-state index contributed by atoms with van der Waals surface area (Å²) in [5.41, 5.74) is 1.07. The molecule has 0 aromatic carbocycles. The second-order valence-corrected chi connectivity index (χ2v) is 6.53. The fraction of sp³-hybridized carbons (Fsp3) is 0.556. The van der Waals surface area contributed by atoms with Gasteiger partial charge in [-0.25, -0.2) is 9.97 Å². The highest BCUT2D eigenvalue weighted by Crippen LogP contribution is 2.18. The highest BCUT2D eigenvalue weighted by Gasteiger charge is 2.19. The quantitative estimate of drug-likeness (QED) is 0.767. The van der Waals surface area contributed by atoms with Gasteiger partial charge in [0.15, 0.2) is 0 Å². The molecule has 0 aliphatic rings. The Kier molecular flexibility index (Phi) is 5.72. The van der Waals surface area contributed by atoms with Gasteiger partial charge in [0.2, 0.25) is 0 Å². The molecule has 22 heavy (non-hydrogen) atoms. The first-order chi connectivity index (χ1) is 10.5. The largest absolute Gasteiger partial charge is 0.468 e. The van der Waals surface area contributed by atoms with E-state index in [1.165, 1.54) is 0 Å². The summed E-state index contributed by atoms with van der Waals surface area (Å²) in [4.78, 5) is 11.5. The van der Waals surface area contributed by atoms with Crippen LogP contribution in [0.3, 0.4) is 0 Å². The van der Waals surface area contributed by atoms with E-state index >= 15 is 0 Å². The van der Waals surface area contributed by atoms with Gasteiger partial charge in [-0.15, -0.1) is 0 Å². The fourth-order valence-corrected chi connectivity index (χ4v) is 2.36. The lowest BCUT2D eigenvalue weighted by Gasteiger charge is -2.30. The highest BCUT2D eigenvalue weighted by atomic mass is 16.3. The molecule has 2 heterocycles. The molecule has 2 aromatic rings. The van der Waals surface area contributed by atoms with Crippen LogP contribution in [-0.4, -0.2) is 20.9 Å². The van der Waals surface area contributed by atoms with Crippen molar-refractivity contribution in [2.24, 2.45) is 5.92 Å². The van der Waals surface area contributed by atoms with Crippen molar-refractivity contribution >= 4 is 0 Å². The first-order valence-corrected chi connectivity index (χ1v) is 8.05. The first-order valence-electron chi connectivity index (χ1n) is 8.05. The third-order valence-corrected chi connectivity index (χ3v) is 4.09.